The molecule has 0 radical (unpaired) electrons. The van der Waals surface area contributed by atoms with Gasteiger partial charge in [0, 0.05) is 30.6 Å². The fourth-order valence-corrected chi connectivity index (χ4v) is 3.21. The van der Waals surface area contributed by atoms with Crippen molar-refractivity contribution in [1.29, 1.82) is 0 Å². The maximum Gasteiger partial charge on any atom is 0.287 e. The molecule has 0 unspecified atom stereocenters. The highest BCUT2D eigenvalue weighted by Crippen LogP contribution is 2.18. The SMILES string of the molecule is CCNC(=NCc1nc(C(C)C)cs1)NCCCNC(=O)c1occc1C. The molecule has 1 amide bonds. The molecule has 0 fully saturated rings. The molecule has 7 nitrogen and oxygen atoms in total. The number of carbonyl (C=O) groups excluding carboxylic acids is 1. The summed E-state index contributed by atoms with van der Waals surface area (Å²) in [5.74, 6) is 1.39. The van der Waals surface area contributed by atoms with Gasteiger partial charge < -0.3 is 20.4 Å². The minimum Gasteiger partial charge on any atom is -0.459 e. The summed E-state index contributed by atoms with van der Waals surface area (Å²) in [7, 11) is 0. The molecule has 0 spiro atoms. The fourth-order valence-electron chi connectivity index (χ4n) is 2.33. The second kappa shape index (κ2) is 10.7. The van der Waals surface area contributed by atoms with Gasteiger partial charge in [0.25, 0.3) is 5.91 Å². The molecular weight excluding hydrogens is 362 g/mol. The molecule has 0 saturated carbocycles. The van der Waals surface area contributed by atoms with Gasteiger partial charge in [-0.15, -0.1) is 11.3 Å². The van der Waals surface area contributed by atoms with E-state index in [1.54, 1.807) is 17.4 Å². The lowest BCUT2D eigenvalue weighted by Crippen LogP contribution is -2.38. The second-order valence-electron chi connectivity index (χ2n) is 6.48. The van der Waals surface area contributed by atoms with Crippen LogP contribution in [-0.2, 0) is 6.54 Å². The van der Waals surface area contributed by atoms with Crippen molar-refractivity contribution in [2.75, 3.05) is 19.6 Å². The van der Waals surface area contributed by atoms with Crippen LogP contribution in [0.2, 0.25) is 0 Å². The van der Waals surface area contributed by atoms with Crippen molar-refractivity contribution in [2.45, 2.75) is 46.6 Å². The molecule has 2 rings (SSSR count). The highest BCUT2D eigenvalue weighted by Gasteiger charge is 2.11. The number of carbonyl (C=O) groups is 1. The first-order chi connectivity index (χ1) is 13.0. The van der Waals surface area contributed by atoms with Gasteiger partial charge in [-0.2, -0.15) is 0 Å². The number of nitrogens with zero attached hydrogens (tertiary/aromatic N) is 2. The highest BCUT2D eigenvalue weighted by molar-refractivity contribution is 7.09. The Morgan fingerprint density at radius 3 is 2.70 bits per heavy atom. The molecule has 27 heavy (non-hydrogen) atoms. The Labute approximate surface area is 164 Å². The van der Waals surface area contributed by atoms with Gasteiger partial charge in [-0.1, -0.05) is 13.8 Å². The number of rotatable bonds is 9. The molecule has 148 valence electrons. The zero-order valence-electron chi connectivity index (χ0n) is 16.5. The number of thiazole rings is 1. The molecule has 0 aliphatic carbocycles. The Morgan fingerprint density at radius 1 is 1.30 bits per heavy atom. The number of aryl methyl sites for hydroxylation is 1. The van der Waals surface area contributed by atoms with Gasteiger partial charge in [0.05, 0.1) is 18.5 Å². The fraction of sp³-hybridized carbons (Fsp3) is 0.526. The van der Waals surface area contributed by atoms with Crippen LogP contribution in [0.25, 0.3) is 0 Å². The van der Waals surface area contributed by atoms with E-state index in [1.165, 1.54) is 6.26 Å². The Balaban J connectivity index is 1.73. The number of nitrogens with one attached hydrogen (secondary N) is 3. The van der Waals surface area contributed by atoms with Crippen LogP contribution in [0, 0.1) is 6.92 Å². The minimum atomic E-state index is -0.178. The Bertz CT molecular complexity index is 751. The summed E-state index contributed by atoms with van der Waals surface area (Å²) in [6.45, 7) is 10.8. The number of furan rings is 1. The van der Waals surface area contributed by atoms with Crippen LogP contribution < -0.4 is 16.0 Å². The van der Waals surface area contributed by atoms with Gasteiger partial charge in [-0.3, -0.25) is 4.79 Å². The zero-order valence-corrected chi connectivity index (χ0v) is 17.3. The molecule has 3 N–H and O–H groups in total. The number of aliphatic imine (C=N–C) groups is 1. The van der Waals surface area contributed by atoms with E-state index in [0.29, 0.717) is 31.3 Å². The number of hydrogen-bond donors (Lipinski definition) is 3. The van der Waals surface area contributed by atoms with Crippen molar-refractivity contribution in [2.24, 2.45) is 4.99 Å². The van der Waals surface area contributed by atoms with Crippen molar-refractivity contribution in [3.05, 3.63) is 39.7 Å². The number of aromatic nitrogens is 1. The van der Waals surface area contributed by atoms with Gasteiger partial charge in [0.1, 0.15) is 5.01 Å². The third-order valence-corrected chi connectivity index (χ3v) is 4.73. The first-order valence-corrected chi connectivity index (χ1v) is 10.2. The summed E-state index contributed by atoms with van der Waals surface area (Å²) in [6, 6.07) is 1.78. The number of amides is 1. The van der Waals surface area contributed by atoms with Crippen LogP contribution in [0.15, 0.2) is 27.1 Å². The van der Waals surface area contributed by atoms with E-state index < -0.39 is 0 Å². The van der Waals surface area contributed by atoms with Crippen LogP contribution in [-0.4, -0.2) is 36.5 Å². The van der Waals surface area contributed by atoms with Crippen molar-refractivity contribution >= 4 is 23.2 Å². The molecule has 0 saturated heterocycles. The predicted octanol–water partition coefficient (Wildman–Crippen LogP) is 3.04. The third kappa shape index (κ3) is 6.71. The summed E-state index contributed by atoms with van der Waals surface area (Å²) in [5.41, 5.74) is 1.96. The average molecular weight is 392 g/mol. The lowest BCUT2D eigenvalue weighted by atomic mass is 10.2. The first-order valence-electron chi connectivity index (χ1n) is 9.30. The van der Waals surface area contributed by atoms with Gasteiger partial charge in [-0.05, 0) is 32.3 Å². The Hall–Kier alpha value is -2.35. The van der Waals surface area contributed by atoms with Crippen LogP contribution in [0.1, 0.15) is 59.9 Å². The molecule has 0 atom stereocenters. The molecular formula is C19H29N5O2S. The summed E-state index contributed by atoms with van der Waals surface area (Å²) in [5, 5.41) is 12.5. The summed E-state index contributed by atoms with van der Waals surface area (Å²) < 4.78 is 5.18. The number of hydrogen-bond acceptors (Lipinski definition) is 5. The zero-order chi connectivity index (χ0) is 19.6. The summed E-state index contributed by atoms with van der Waals surface area (Å²) in [6.07, 6.45) is 2.31. The monoisotopic (exact) mass is 391 g/mol. The molecule has 2 aromatic rings. The van der Waals surface area contributed by atoms with Crippen molar-refractivity contribution in [1.82, 2.24) is 20.9 Å². The van der Waals surface area contributed by atoms with Gasteiger partial charge in [0.15, 0.2) is 11.7 Å². The van der Waals surface area contributed by atoms with E-state index >= 15 is 0 Å². The molecule has 0 aromatic carbocycles. The Kier molecular flexibility index (Phi) is 8.32. The predicted molar refractivity (Wildman–Crippen MR) is 109 cm³/mol. The van der Waals surface area contributed by atoms with Gasteiger partial charge in [-0.25, -0.2) is 9.98 Å². The lowest BCUT2D eigenvalue weighted by Gasteiger charge is -2.11. The maximum atomic E-state index is 12.0. The van der Waals surface area contributed by atoms with E-state index in [2.05, 4.69) is 45.2 Å². The molecule has 0 aliphatic rings. The average Bonchev–Trinajstić information content (AvgIpc) is 3.28. The van der Waals surface area contributed by atoms with E-state index in [0.717, 1.165) is 35.2 Å². The molecule has 8 heteroatoms. The molecule has 0 aliphatic heterocycles. The maximum absolute atomic E-state index is 12.0. The summed E-state index contributed by atoms with van der Waals surface area (Å²) >= 11 is 1.64. The van der Waals surface area contributed by atoms with Crippen LogP contribution >= 0.6 is 11.3 Å². The van der Waals surface area contributed by atoms with Crippen molar-refractivity contribution < 1.29 is 9.21 Å². The quantitative estimate of drug-likeness (QED) is 0.347. The standard InChI is InChI=1S/C19H29N5O2S/c1-5-20-19(23-11-16-24-15(12-27-16)13(2)3)22-9-6-8-21-18(25)17-14(4)7-10-26-17/h7,10,12-13H,5-6,8-9,11H2,1-4H3,(H,21,25)(H2,20,22,23). The van der Waals surface area contributed by atoms with Crippen molar-refractivity contribution in [3.63, 3.8) is 0 Å². The molecule has 2 heterocycles. The largest absolute Gasteiger partial charge is 0.459 e. The third-order valence-electron chi connectivity index (χ3n) is 3.88. The van der Waals surface area contributed by atoms with Crippen LogP contribution in [0.5, 0.6) is 0 Å². The van der Waals surface area contributed by atoms with E-state index in [9.17, 15) is 4.79 Å². The van der Waals surface area contributed by atoms with Crippen LogP contribution in [0.4, 0.5) is 0 Å². The highest BCUT2D eigenvalue weighted by atomic mass is 32.1. The second-order valence-corrected chi connectivity index (χ2v) is 7.43. The van der Waals surface area contributed by atoms with E-state index in [1.807, 2.05) is 13.8 Å². The van der Waals surface area contributed by atoms with E-state index in [-0.39, 0.29) is 5.91 Å². The molecule has 0 bridgehead atoms. The van der Waals surface area contributed by atoms with Gasteiger partial charge >= 0.3 is 0 Å². The molecule has 2 aromatic heterocycles. The van der Waals surface area contributed by atoms with Crippen molar-refractivity contribution in [3.8, 4) is 0 Å². The van der Waals surface area contributed by atoms with Gasteiger partial charge in [0.2, 0.25) is 0 Å². The topological polar surface area (TPSA) is 91.5 Å². The minimum absolute atomic E-state index is 0.178. The lowest BCUT2D eigenvalue weighted by molar-refractivity contribution is 0.0925. The van der Waals surface area contributed by atoms with Crippen LogP contribution in [0.3, 0.4) is 0 Å². The normalized spacial score (nSPS) is 11.7. The number of guanidine groups is 1. The first kappa shape index (κ1) is 21.0. The summed E-state index contributed by atoms with van der Waals surface area (Å²) in [4.78, 5) is 21.2. The van der Waals surface area contributed by atoms with E-state index in [4.69, 9.17) is 4.42 Å². The smallest absolute Gasteiger partial charge is 0.287 e. The Morgan fingerprint density at radius 2 is 2.07 bits per heavy atom.